The summed E-state index contributed by atoms with van der Waals surface area (Å²) in [6.45, 7) is 0. The lowest BCUT2D eigenvalue weighted by Crippen LogP contribution is -2.03. The number of esters is 1. The smallest absolute Gasteiger partial charge is 0.337 e. The molecule has 0 spiro atoms. The van der Waals surface area contributed by atoms with E-state index in [4.69, 9.17) is 11.0 Å². The van der Waals surface area contributed by atoms with Crippen molar-refractivity contribution < 1.29 is 14.6 Å². The Kier molecular flexibility index (Phi) is 2.58. The van der Waals surface area contributed by atoms with Crippen LogP contribution in [0.2, 0.25) is 0 Å². The third-order valence-corrected chi connectivity index (χ3v) is 1.68. The molecule has 0 aliphatic rings. The molecular formula is C9H8N2O3. The number of aromatic hydroxyl groups is 1. The molecule has 0 aromatic heterocycles. The SMILES string of the molecule is COC(=O)c1cc(N)c(O)c(C#N)c1. The summed E-state index contributed by atoms with van der Waals surface area (Å²) in [5.41, 5.74) is 5.44. The van der Waals surface area contributed by atoms with Gasteiger partial charge in [-0.1, -0.05) is 0 Å². The highest BCUT2D eigenvalue weighted by Gasteiger charge is 2.12. The highest BCUT2D eigenvalue weighted by atomic mass is 16.5. The van der Waals surface area contributed by atoms with Gasteiger partial charge in [0, 0.05) is 0 Å². The number of nitrogens with zero attached hydrogens (tertiary/aromatic N) is 1. The molecule has 0 bridgehead atoms. The predicted molar refractivity (Wildman–Crippen MR) is 48.6 cm³/mol. The van der Waals surface area contributed by atoms with Gasteiger partial charge in [0.2, 0.25) is 0 Å². The molecule has 0 unspecified atom stereocenters. The molecule has 3 N–H and O–H groups in total. The Morgan fingerprint density at radius 3 is 2.79 bits per heavy atom. The first-order valence-corrected chi connectivity index (χ1v) is 3.71. The van der Waals surface area contributed by atoms with Crippen molar-refractivity contribution in [3.8, 4) is 11.8 Å². The summed E-state index contributed by atoms with van der Waals surface area (Å²) in [4.78, 5) is 11.1. The fraction of sp³-hybridized carbons (Fsp3) is 0.111. The maximum Gasteiger partial charge on any atom is 0.337 e. The molecular weight excluding hydrogens is 184 g/mol. The zero-order valence-corrected chi connectivity index (χ0v) is 7.44. The average Bonchev–Trinajstić information content (AvgIpc) is 2.20. The van der Waals surface area contributed by atoms with Crippen molar-refractivity contribution in [1.29, 1.82) is 5.26 Å². The number of phenolic OH excluding ortho intramolecular Hbond substituents is 1. The van der Waals surface area contributed by atoms with E-state index < -0.39 is 5.97 Å². The Morgan fingerprint density at radius 2 is 2.29 bits per heavy atom. The number of anilines is 1. The van der Waals surface area contributed by atoms with Crippen molar-refractivity contribution in [3.05, 3.63) is 23.3 Å². The molecule has 72 valence electrons. The number of nitrogen functional groups attached to an aromatic ring is 1. The standard InChI is InChI=1S/C9H8N2O3/c1-14-9(13)5-2-6(4-10)8(12)7(11)3-5/h2-3,12H,11H2,1H3. The largest absolute Gasteiger partial charge is 0.504 e. The van der Waals surface area contributed by atoms with E-state index in [-0.39, 0.29) is 22.6 Å². The van der Waals surface area contributed by atoms with E-state index in [0.717, 1.165) is 0 Å². The van der Waals surface area contributed by atoms with Crippen molar-refractivity contribution >= 4 is 11.7 Å². The van der Waals surface area contributed by atoms with Crippen LogP contribution >= 0.6 is 0 Å². The first-order valence-electron chi connectivity index (χ1n) is 3.71. The lowest BCUT2D eigenvalue weighted by molar-refractivity contribution is 0.0601. The van der Waals surface area contributed by atoms with Gasteiger partial charge in [0.15, 0.2) is 5.75 Å². The normalized spacial score (nSPS) is 9.14. The number of carbonyl (C=O) groups is 1. The van der Waals surface area contributed by atoms with E-state index >= 15 is 0 Å². The van der Waals surface area contributed by atoms with E-state index in [1.165, 1.54) is 19.2 Å². The van der Waals surface area contributed by atoms with E-state index in [2.05, 4.69) is 4.74 Å². The van der Waals surface area contributed by atoms with E-state index in [9.17, 15) is 9.90 Å². The number of hydrogen-bond acceptors (Lipinski definition) is 5. The predicted octanol–water partition coefficient (Wildman–Crippen LogP) is 0.633. The topological polar surface area (TPSA) is 96.3 Å². The number of hydrogen-bond donors (Lipinski definition) is 2. The summed E-state index contributed by atoms with van der Waals surface area (Å²) in [6, 6.07) is 4.19. The molecule has 0 fully saturated rings. The van der Waals surface area contributed by atoms with Gasteiger partial charge < -0.3 is 15.6 Å². The Bertz CT molecular complexity index is 421. The van der Waals surface area contributed by atoms with Gasteiger partial charge >= 0.3 is 5.97 Å². The fourth-order valence-electron chi connectivity index (χ4n) is 0.978. The lowest BCUT2D eigenvalue weighted by Gasteiger charge is -2.04. The van der Waals surface area contributed by atoms with Gasteiger partial charge in [-0.25, -0.2) is 4.79 Å². The second kappa shape index (κ2) is 3.66. The molecule has 1 aromatic rings. The summed E-state index contributed by atoms with van der Waals surface area (Å²) in [7, 11) is 1.22. The third-order valence-electron chi connectivity index (χ3n) is 1.68. The Balaban J connectivity index is 3.32. The second-order valence-electron chi connectivity index (χ2n) is 2.57. The average molecular weight is 192 g/mol. The number of rotatable bonds is 1. The number of benzene rings is 1. The van der Waals surface area contributed by atoms with Gasteiger partial charge in [0.25, 0.3) is 0 Å². The quantitative estimate of drug-likeness (QED) is 0.386. The minimum atomic E-state index is -0.604. The van der Waals surface area contributed by atoms with Crippen molar-refractivity contribution in [1.82, 2.24) is 0 Å². The van der Waals surface area contributed by atoms with Gasteiger partial charge in [-0.3, -0.25) is 0 Å². The van der Waals surface area contributed by atoms with Gasteiger partial charge in [-0.15, -0.1) is 0 Å². The van der Waals surface area contributed by atoms with Crippen LogP contribution < -0.4 is 5.73 Å². The van der Waals surface area contributed by atoms with E-state index in [0.29, 0.717) is 0 Å². The molecule has 0 radical (unpaired) electrons. The van der Waals surface area contributed by atoms with Crippen LogP contribution in [0.15, 0.2) is 12.1 Å². The summed E-state index contributed by atoms with van der Waals surface area (Å²) in [5.74, 6) is -0.923. The molecule has 1 aromatic carbocycles. The minimum absolute atomic E-state index is 0.0237. The molecule has 1 rings (SSSR count). The van der Waals surface area contributed by atoms with Crippen LogP contribution in [0.5, 0.6) is 5.75 Å². The van der Waals surface area contributed by atoms with E-state index in [1.54, 1.807) is 6.07 Å². The van der Waals surface area contributed by atoms with Crippen LogP contribution in [0.25, 0.3) is 0 Å². The van der Waals surface area contributed by atoms with Gasteiger partial charge in [0.05, 0.1) is 23.9 Å². The Hall–Kier alpha value is -2.22. The lowest BCUT2D eigenvalue weighted by atomic mass is 10.1. The first-order chi connectivity index (χ1) is 6.60. The third kappa shape index (κ3) is 1.59. The number of nitriles is 1. The molecule has 0 aliphatic heterocycles. The molecule has 0 amide bonds. The van der Waals surface area contributed by atoms with Crippen LogP contribution in [-0.2, 0) is 4.74 Å². The molecule has 5 nitrogen and oxygen atoms in total. The zero-order valence-electron chi connectivity index (χ0n) is 7.44. The highest BCUT2D eigenvalue weighted by molar-refractivity contribution is 5.91. The monoisotopic (exact) mass is 192 g/mol. The number of nitrogens with two attached hydrogens (primary N) is 1. The number of carbonyl (C=O) groups excluding carboxylic acids is 1. The van der Waals surface area contributed by atoms with Crippen LogP contribution in [0.1, 0.15) is 15.9 Å². The summed E-state index contributed by atoms with van der Waals surface area (Å²) < 4.78 is 4.45. The second-order valence-corrected chi connectivity index (χ2v) is 2.57. The molecule has 0 saturated heterocycles. The molecule has 0 saturated carbocycles. The molecule has 0 atom stereocenters. The zero-order chi connectivity index (χ0) is 10.7. The minimum Gasteiger partial charge on any atom is -0.504 e. The van der Waals surface area contributed by atoms with E-state index in [1.807, 2.05) is 0 Å². The summed E-state index contributed by atoms with van der Waals surface area (Å²) in [5, 5.41) is 17.9. The Labute approximate surface area is 80.3 Å². The van der Waals surface area contributed by atoms with Gasteiger partial charge in [-0.05, 0) is 12.1 Å². The maximum atomic E-state index is 11.1. The van der Waals surface area contributed by atoms with Crippen molar-refractivity contribution in [2.45, 2.75) is 0 Å². The number of phenols is 1. The molecule has 0 aliphatic carbocycles. The molecule has 14 heavy (non-hydrogen) atoms. The highest BCUT2D eigenvalue weighted by Crippen LogP contribution is 2.26. The fourth-order valence-corrected chi connectivity index (χ4v) is 0.978. The number of ether oxygens (including phenoxy) is 1. The van der Waals surface area contributed by atoms with Crippen LogP contribution in [0.3, 0.4) is 0 Å². The van der Waals surface area contributed by atoms with Gasteiger partial charge in [-0.2, -0.15) is 5.26 Å². The van der Waals surface area contributed by atoms with Crippen LogP contribution in [0, 0.1) is 11.3 Å². The molecule has 0 heterocycles. The first kappa shape index (κ1) is 9.86. The molecule has 5 heteroatoms. The maximum absolute atomic E-state index is 11.1. The number of methoxy groups -OCH3 is 1. The summed E-state index contributed by atoms with van der Waals surface area (Å²) >= 11 is 0. The summed E-state index contributed by atoms with van der Waals surface area (Å²) in [6.07, 6.45) is 0. The van der Waals surface area contributed by atoms with Gasteiger partial charge in [0.1, 0.15) is 6.07 Å². The van der Waals surface area contributed by atoms with Crippen LogP contribution in [0.4, 0.5) is 5.69 Å². The Morgan fingerprint density at radius 1 is 1.64 bits per heavy atom. The van der Waals surface area contributed by atoms with Crippen molar-refractivity contribution in [2.75, 3.05) is 12.8 Å². The van der Waals surface area contributed by atoms with Crippen LogP contribution in [-0.4, -0.2) is 18.2 Å². The van der Waals surface area contributed by atoms with Crippen molar-refractivity contribution in [2.24, 2.45) is 0 Å². The van der Waals surface area contributed by atoms with Crippen molar-refractivity contribution in [3.63, 3.8) is 0 Å².